The van der Waals surface area contributed by atoms with Crippen LogP contribution in [-0.4, -0.2) is 5.54 Å². The van der Waals surface area contributed by atoms with E-state index in [0.29, 0.717) is 0 Å². The largest absolute Gasteiger partial charge is 0.214 e. The van der Waals surface area contributed by atoms with E-state index in [1.54, 1.807) is 0 Å². The molecule has 0 amide bonds. The fourth-order valence-corrected chi connectivity index (χ4v) is 0.150. The molecule has 0 spiro atoms. The Morgan fingerprint density at radius 3 is 1.86 bits per heavy atom. The van der Waals surface area contributed by atoms with Crippen LogP contribution in [0.2, 0.25) is 0 Å². The number of nitrogens with one attached hydrogen (secondary N) is 1. The van der Waals surface area contributed by atoms with Crippen LogP contribution in [0.25, 0.3) is 0 Å². The Balaban J connectivity index is 3.80. The van der Waals surface area contributed by atoms with Gasteiger partial charge in [0.15, 0.2) is 0 Å². The van der Waals surface area contributed by atoms with Gasteiger partial charge in [0, 0.05) is 0 Å². The first-order valence-corrected chi connectivity index (χ1v) is 2.15. The topological polar surface area (TPSA) is 50.3 Å². The van der Waals surface area contributed by atoms with Crippen LogP contribution in [-0.2, 0) is 0 Å². The van der Waals surface area contributed by atoms with Gasteiger partial charge in [0.1, 0.15) is 16.2 Å². The number of rotatable bonds is 0. The van der Waals surface area contributed by atoms with Gasteiger partial charge >= 0.3 is 0 Å². The van der Waals surface area contributed by atoms with Crippen molar-refractivity contribution in [2.45, 2.75) is 26.3 Å². The van der Waals surface area contributed by atoms with E-state index in [1.165, 1.54) is 0 Å². The average Bonchev–Trinajstić information content (AvgIpc) is 1.30. The molecule has 0 saturated carbocycles. The molecule has 0 aromatic carbocycles. The molecule has 0 rings (SSSR count). The highest BCUT2D eigenvalue weighted by molar-refractivity contribution is 4.64. The van der Waals surface area contributed by atoms with Crippen molar-refractivity contribution < 1.29 is 0 Å². The van der Waals surface area contributed by atoms with Crippen molar-refractivity contribution >= 4 is 0 Å². The number of nitrogens with zero attached hydrogens (tertiary/aromatic N) is 2. The summed E-state index contributed by atoms with van der Waals surface area (Å²) in [6.45, 7) is 5.68. The van der Waals surface area contributed by atoms with Gasteiger partial charge in [-0.05, 0) is 20.8 Å². The summed E-state index contributed by atoms with van der Waals surface area (Å²) in [6.07, 6.45) is 0. The van der Waals surface area contributed by atoms with E-state index in [4.69, 9.17) is 5.53 Å². The molecule has 3 heteroatoms. The zero-order valence-corrected chi connectivity index (χ0v) is 4.89. The molecule has 0 aromatic rings. The minimum absolute atomic E-state index is 0.179. The quantitative estimate of drug-likeness (QED) is 0.353. The van der Waals surface area contributed by atoms with Crippen molar-refractivity contribution in [1.82, 2.24) is 4.91 Å². The Hall–Kier alpha value is -0.690. The summed E-state index contributed by atoms with van der Waals surface area (Å²) in [5.41, 5.74) is 6.14. The predicted molar refractivity (Wildman–Crippen MR) is 27.0 cm³/mol. The SMILES string of the molecule is CC(C)(C)N=[N+]=N. The number of hydrogen-bond acceptors (Lipinski definition) is 2. The monoisotopic (exact) mass is 100 g/mol. The van der Waals surface area contributed by atoms with Gasteiger partial charge in [-0.15, -0.1) is 0 Å². The molecule has 0 aromatic heterocycles. The van der Waals surface area contributed by atoms with Crippen LogP contribution in [0.1, 0.15) is 20.8 Å². The summed E-state index contributed by atoms with van der Waals surface area (Å²) >= 11 is 0. The smallest absolute Gasteiger partial charge is 0.0331 e. The van der Waals surface area contributed by atoms with Gasteiger partial charge in [-0.2, -0.15) is 0 Å². The van der Waals surface area contributed by atoms with E-state index in [9.17, 15) is 0 Å². The van der Waals surface area contributed by atoms with Crippen molar-refractivity contribution in [3.8, 4) is 0 Å². The second-order valence-electron chi connectivity index (χ2n) is 2.37. The van der Waals surface area contributed by atoms with E-state index >= 15 is 0 Å². The second-order valence-corrected chi connectivity index (χ2v) is 2.37. The van der Waals surface area contributed by atoms with Crippen molar-refractivity contribution in [3.05, 3.63) is 0 Å². The molecular formula is C4H10N3+. The Kier molecular flexibility index (Phi) is 1.66. The van der Waals surface area contributed by atoms with Crippen LogP contribution < -0.4 is 4.91 Å². The minimum Gasteiger partial charge on any atom is -0.0331 e. The summed E-state index contributed by atoms with van der Waals surface area (Å²) < 4.78 is 0. The fraction of sp³-hybridized carbons (Fsp3) is 1.00. The lowest BCUT2D eigenvalue weighted by Crippen LogP contribution is -2.08. The minimum atomic E-state index is -0.179. The Morgan fingerprint density at radius 2 is 1.86 bits per heavy atom. The maximum atomic E-state index is 6.32. The molecule has 1 N–H and O–H groups in total. The lowest BCUT2D eigenvalue weighted by atomic mass is 10.1. The van der Waals surface area contributed by atoms with Crippen LogP contribution >= 0.6 is 0 Å². The van der Waals surface area contributed by atoms with Crippen LogP contribution in [0.4, 0.5) is 0 Å². The molecule has 0 atom stereocenters. The Labute approximate surface area is 43.0 Å². The maximum Gasteiger partial charge on any atom is 0.214 e. The van der Waals surface area contributed by atoms with Crippen molar-refractivity contribution in [2.24, 2.45) is 5.11 Å². The third-order valence-electron chi connectivity index (χ3n) is 0.350. The molecule has 0 radical (unpaired) electrons. The standard InChI is InChI=1S/C4H10N3/c1-4(2,3)6-7-5/h5H,1-3H3/q+1. The van der Waals surface area contributed by atoms with Gasteiger partial charge < -0.3 is 0 Å². The third-order valence-corrected chi connectivity index (χ3v) is 0.350. The first kappa shape index (κ1) is 6.31. The van der Waals surface area contributed by atoms with Crippen LogP contribution in [0.15, 0.2) is 5.11 Å². The summed E-state index contributed by atoms with van der Waals surface area (Å²) in [5.74, 6) is 0. The summed E-state index contributed by atoms with van der Waals surface area (Å²) in [4.78, 5) is 2.88. The van der Waals surface area contributed by atoms with E-state index in [1.807, 2.05) is 20.8 Å². The van der Waals surface area contributed by atoms with E-state index < -0.39 is 0 Å². The number of hydrogen-bond donors (Lipinski definition) is 1. The molecule has 0 heterocycles. The molecule has 0 aliphatic carbocycles. The Morgan fingerprint density at radius 1 is 1.43 bits per heavy atom. The summed E-state index contributed by atoms with van der Waals surface area (Å²) in [6, 6.07) is 0. The van der Waals surface area contributed by atoms with Gasteiger partial charge in [0.05, 0.1) is 0 Å². The lowest BCUT2D eigenvalue weighted by molar-refractivity contribution is 0.534. The molecule has 40 valence electrons. The third kappa shape index (κ3) is 5.31. The highest BCUT2D eigenvalue weighted by Gasteiger charge is 2.12. The molecule has 0 aliphatic rings. The highest BCUT2D eigenvalue weighted by Crippen LogP contribution is 2.02. The molecule has 0 bridgehead atoms. The van der Waals surface area contributed by atoms with E-state index in [0.717, 1.165) is 0 Å². The second kappa shape index (κ2) is 1.85. The van der Waals surface area contributed by atoms with Gasteiger partial charge in [0.25, 0.3) is 0 Å². The maximum absolute atomic E-state index is 6.32. The first-order chi connectivity index (χ1) is 3.06. The van der Waals surface area contributed by atoms with Crippen LogP contribution in [0.3, 0.4) is 0 Å². The van der Waals surface area contributed by atoms with Crippen LogP contribution in [0.5, 0.6) is 0 Å². The van der Waals surface area contributed by atoms with E-state index in [2.05, 4.69) is 10.0 Å². The normalized spacial score (nSPS) is 10.1. The molecule has 3 nitrogen and oxygen atoms in total. The van der Waals surface area contributed by atoms with Crippen molar-refractivity contribution in [3.63, 3.8) is 0 Å². The molecule has 0 saturated heterocycles. The van der Waals surface area contributed by atoms with Crippen LogP contribution in [0, 0.1) is 5.53 Å². The van der Waals surface area contributed by atoms with Gasteiger partial charge in [0.2, 0.25) is 4.91 Å². The lowest BCUT2D eigenvalue weighted by Gasteiger charge is -1.96. The molecule has 0 aliphatic heterocycles. The van der Waals surface area contributed by atoms with Crippen molar-refractivity contribution in [2.75, 3.05) is 0 Å². The van der Waals surface area contributed by atoms with E-state index in [-0.39, 0.29) is 5.54 Å². The Bertz CT molecular complexity index is 94.0. The predicted octanol–water partition coefficient (Wildman–Crippen LogP) is 1.34. The highest BCUT2D eigenvalue weighted by atomic mass is 15.2. The average molecular weight is 100 g/mol. The zero-order chi connectivity index (χ0) is 5.91. The molecule has 0 fully saturated rings. The fourth-order valence-electron chi connectivity index (χ4n) is 0.150. The van der Waals surface area contributed by atoms with Gasteiger partial charge in [-0.3, -0.25) is 0 Å². The molecular weight excluding hydrogens is 90.1 g/mol. The van der Waals surface area contributed by atoms with Gasteiger partial charge in [-0.25, -0.2) is 0 Å². The summed E-state index contributed by atoms with van der Waals surface area (Å²) in [5, 5.41) is 3.55. The molecule has 7 heavy (non-hydrogen) atoms. The first-order valence-electron chi connectivity index (χ1n) is 2.15. The van der Waals surface area contributed by atoms with Crippen molar-refractivity contribution in [1.29, 1.82) is 5.53 Å². The van der Waals surface area contributed by atoms with Gasteiger partial charge in [-0.1, -0.05) is 0 Å². The summed E-state index contributed by atoms with van der Waals surface area (Å²) in [7, 11) is 0. The molecule has 0 unspecified atom stereocenters. The zero-order valence-electron chi connectivity index (χ0n) is 4.89.